The van der Waals surface area contributed by atoms with E-state index in [2.05, 4.69) is 4.74 Å². The molecule has 0 unspecified atom stereocenters. The largest absolute Gasteiger partial charge is 0.396 e. The van der Waals surface area contributed by atoms with Crippen LogP contribution in [0.5, 0.6) is 0 Å². The van der Waals surface area contributed by atoms with Crippen molar-refractivity contribution in [3.05, 3.63) is 12.2 Å². The molecule has 2 atom stereocenters. The van der Waals surface area contributed by atoms with E-state index in [1.807, 2.05) is 12.2 Å². The van der Waals surface area contributed by atoms with Crippen molar-refractivity contribution >= 4 is 11.9 Å². The van der Waals surface area contributed by atoms with E-state index in [9.17, 15) is 9.59 Å². The Kier molecular flexibility index (Phi) is 7.36. The standard InChI is InChI=1S/C8H8O3.C6H14O2/c9-7-5-3-1-2-4-6(5)8(10)11-7;7-5-3-1-2-4-6-8/h1-2,5-6H,3-4H2;7-8H,1-6H2/t5-,6+;. The van der Waals surface area contributed by atoms with Crippen LogP contribution < -0.4 is 0 Å². The molecule has 19 heavy (non-hydrogen) atoms. The fourth-order valence-electron chi connectivity index (χ4n) is 2.16. The third kappa shape index (κ3) is 5.12. The van der Waals surface area contributed by atoms with Crippen molar-refractivity contribution in [2.75, 3.05) is 13.2 Å². The maximum atomic E-state index is 10.9. The van der Waals surface area contributed by atoms with Gasteiger partial charge < -0.3 is 14.9 Å². The molecule has 2 N–H and O–H groups in total. The summed E-state index contributed by atoms with van der Waals surface area (Å²) < 4.78 is 4.49. The van der Waals surface area contributed by atoms with Crippen molar-refractivity contribution in [3.63, 3.8) is 0 Å². The predicted octanol–water partition coefficient (Wildman–Crippen LogP) is 1.18. The molecule has 5 nitrogen and oxygen atoms in total. The Morgan fingerprint density at radius 3 is 1.68 bits per heavy atom. The molecule has 0 saturated carbocycles. The minimum atomic E-state index is -0.343. The summed E-state index contributed by atoms with van der Waals surface area (Å²) in [6.07, 6.45) is 9.01. The molecular formula is C14H22O5. The molecular weight excluding hydrogens is 248 g/mol. The molecule has 1 aliphatic carbocycles. The maximum Gasteiger partial charge on any atom is 0.317 e. The van der Waals surface area contributed by atoms with Gasteiger partial charge in [-0.15, -0.1) is 0 Å². The number of rotatable bonds is 5. The number of esters is 2. The second kappa shape index (κ2) is 8.82. The molecule has 0 bridgehead atoms. The van der Waals surface area contributed by atoms with Gasteiger partial charge in [-0.2, -0.15) is 0 Å². The number of carbonyl (C=O) groups excluding carboxylic acids is 2. The van der Waals surface area contributed by atoms with Crippen LogP contribution in [0.3, 0.4) is 0 Å². The van der Waals surface area contributed by atoms with Crippen LogP contribution >= 0.6 is 0 Å². The molecule has 0 amide bonds. The van der Waals surface area contributed by atoms with E-state index in [4.69, 9.17) is 10.2 Å². The number of hydrogen-bond acceptors (Lipinski definition) is 5. The fourth-order valence-corrected chi connectivity index (χ4v) is 2.16. The van der Waals surface area contributed by atoms with Crippen LogP contribution in [-0.4, -0.2) is 35.4 Å². The van der Waals surface area contributed by atoms with Gasteiger partial charge in [0.2, 0.25) is 0 Å². The first-order chi connectivity index (χ1) is 9.20. The molecule has 2 aliphatic rings. The highest BCUT2D eigenvalue weighted by atomic mass is 16.6. The molecule has 1 heterocycles. The zero-order valence-corrected chi connectivity index (χ0v) is 11.1. The Hall–Kier alpha value is -1.20. The van der Waals surface area contributed by atoms with Gasteiger partial charge in [0.15, 0.2) is 0 Å². The van der Waals surface area contributed by atoms with Crippen LogP contribution in [0.15, 0.2) is 12.2 Å². The van der Waals surface area contributed by atoms with Gasteiger partial charge in [-0.05, 0) is 25.7 Å². The van der Waals surface area contributed by atoms with E-state index < -0.39 is 0 Å². The average Bonchev–Trinajstić information content (AvgIpc) is 2.72. The van der Waals surface area contributed by atoms with E-state index in [1.54, 1.807) is 0 Å². The highest BCUT2D eigenvalue weighted by Gasteiger charge is 2.43. The monoisotopic (exact) mass is 270 g/mol. The summed E-state index contributed by atoms with van der Waals surface area (Å²) in [5.41, 5.74) is 0. The molecule has 0 aromatic carbocycles. The summed E-state index contributed by atoms with van der Waals surface area (Å²) in [5.74, 6) is -1.06. The normalized spacial score (nSPS) is 24.5. The molecule has 1 aliphatic heterocycles. The molecule has 0 spiro atoms. The average molecular weight is 270 g/mol. The second-order valence-electron chi connectivity index (χ2n) is 4.76. The molecule has 5 heteroatoms. The number of hydrogen-bond donors (Lipinski definition) is 2. The van der Waals surface area contributed by atoms with Crippen LogP contribution in [0.2, 0.25) is 0 Å². The van der Waals surface area contributed by atoms with E-state index in [-0.39, 0.29) is 37.0 Å². The molecule has 1 saturated heterocycles. The lowest BCUT2D eigenvalue weighted by molar-refractivity contribution is -0.153. The Morgan fingerprint density at radius 2 is 1.32 bits per heavy atom. The maximum absolute atomic E-state index is 10.9. The molecule has 108 valence electrons. The zero-order chi connectivity index (χ0) is 14.1. The molecule has 0 aromatic heterocycles. The highest BCUT2D eigenvalue weighted by molar-refractivity contribution is 5.96. The number of aliphatic hydroxyl groups excluding tert-OH is 2. The Bertz CT molecular complexity index is 294. The summed E-state index contributed by atoms with van der Waals surface area (Å²) in [5, 5.41) is 16.6. The van der Waals surface area contributed by atoms with Gasteiger partial charge in [0, 0.05) is 13.2 Å². The van der Waals surface area contributed by atoms with Gasteiger partial charge >= 0.3 is 11.9 Å². The number of ether oxygens (including phenoxy) is 1. The number of aliphatic hydroxyl groups is 2. The smallest absolute Gasteiger partial charge is 0.317 e. The first-order valence-corrected chi connectivity index (χ1v) is 6.83. The summed E-state index contributed by atoms with van der Waals surface area (Å²) >= 11 is 0. The summed E-state index contributed by atoms with van der Waals surface area (Å²) in [6, 6.07) is 0. The summed E-state index contributed by atoms with van der Waals surface area (Å²) in [6.45, 7) is 0.566. The van der Waals surface area contributed by atoms with Crippen molar-refractivity contribution in [3.8, 4) is 0 Å². The van der Waals surface area contributed by atoms with Crippen molar-refractivity contribution in [1.29, 1.82) is 0 Å². The lowest BCUT2D eigenvalue weighted by Gasteiger charge is -2.12. The highest BCUT2D eigenvalue weighted by Crippen LogP contribution is 2.32. The van der Waals surface area contributed by atoms with Gasteiger partial charge in [-0.3, -0.25) is 9.59 Å². The quantitative estimate of drug-likeness (QED) is 0.339. The van der Waals surface area contributed by atoms with Crippen molar-refractivity contribution in [1.82, 2.24) is 0 Å². The molecule has 2 rings (SSSR count). The number of unbranched alkanes of at least 4 members (excludes halogenated alkanes) is 3. The topological polar surface area (TPSA) is 83.8 Å². The third-order valence-corrected chi connectivity index (χ3v) is 3.31. The van der Waals surface area contributed by atoms with E-state index in [1.165, 1.54) is 0 Å². The molecule has 0 radical (unpaired) electrons. The first kappa shape index (κ1) is 15.9. The zero-order valence-electron chi connectivity index (χ0n) is 11.1. The van der Waals surface area contributed by atoms with E-state index >= 15 is 0 Å². The predicted molar refractivity (Wildman–Crippen MR) is 69.1 cm³/mol. The number of carbonyl (C=O) groups is 2. The van der Waals surface area contributed by atoms with Crippen LogP contribution in [0.25, 0.3) is 0 Å². The fraction of sp³-hybridized carbons (Fsp3) is 0.714. The minimum absolute atomic E-state index is 0.188. The third-order valence-electron chi connectivity index (χ3n) is 3.31. The van der Waals surface area contributed by atoms with Gasteiger partial charge in [-0.25, -0.2) is 0 Å². The van der Waals surface area contributed by atoms with Crippen LogP contribution in [0, 0.1) is 11.8 Å². The van der Waals surface area contributed by atoms with Gasteiger partial charge in [0.25, 0.3) is 0 Å². The Balaban J connectivity index is 0.000000203. The lowest BCUT2D eigenvalue weighted by atomic mass is 9.85. The molecule has 1 fully saturated rings. The number of cyclic esters (lactones) is 2. The summed E-state index contributed by atoms with van der Waals surface area (Å²) in [7, 11) is 0. The van der Waals surface area contributed by atoms with Gasteiger partial charge in [0.05, 0.1) is 11.8 Å². The van der Waals surface area contributed by atoms with E-state index in [0.29, 0.717) is 12.8 Å². The van der Waals surface area contributed by atoms with Crippen molar-refractivity contribution < 1.29 is 24.5 Å². The van der Waals surface area contributed by atoms with Crippen LogP contribution in [0.4, 0.5) is 0 Å². The number of allylic oxidation sites excluding steroid dienone is 2. The van der Waals surface area contributed by atoms with Crippen molar-refractivity contribution in [2.24, 2.45) is 11.8 Å². The number of fused-ring (bicyclic) bond motifs is 1. The van der Waals surface area contributed by atoms with Crippen molar-refractivity contribution in [2.45, 2.75) is 38.5 Å². The molecule has 0 aromatic rings. The van der Waals surface area contributed by atoms with E-state index in [0.717, 1.165) is 25.7 Å². The van der Waals surface area contributed by atoms with Crippen LogP contribution in [-0.2, 0) is 14.3 Å². The van der Waals surface area contributed by atoms with Crippen LogP contribution in [0.1, 0.15) is 38.5 Å². The van der Waals surface area contributed by atoms with Gasteiger partial charge in [-0.1, -0.05) is 25.0 Å². The minimum Gasteiger partial charge on any atom is -0.396 e. The first-order valence-electron chi connectivity index (χ1n) is 6.83. The Morgan fingerprint density at radius 1 is 0.895 bits per heavy atom. The van der Waals surface area contributed by atoms with Gasteiger partial charge in [0.1, 0.15) is 0 Å². The Labute approximate surface area is 113 Å². The second-order valence-corrected chi connectivity index (χ2v) is 4.76. The SMILES string of the molecule is O=C1OC(=O)[C@@H]2CC=CC[C@H]12.OCCCCCCO. The summed E-state index contributed by atoms with van der Waals surface area (Å²) in [4.78, 5) is 21.9. The lowest BCUT2D eigenvalue weighted by Crippen LogP contribution is -2.18.